The fourth-order valence-corrected chi connectivity index (χ4v) is 2.50. The zero-order valence-electron chi connectivity index (χ0n) is 12.1. The molecule has 0 saturated carbocycles. The third-order valence-electron chi connectivity index (χ3n) is 4.00. The predicted molar refractivity (Wildman–Crippen MR) is 79.6 cm³/mol. The molecule has 2 aliphatic heterocycles. The molecule has 2 fully saturated rings. The van der Waals surface area contributed by atoms with Crippen LogP contribution in [-0.4, -0.2) is 44.9 Å². The van der Waals surface area contributed by atoms with E-state index >= 15 is 0 Å². The standard InChI is InChI=1S/C16H22N2O3/c19-16(18-11-12-9-17-10-12)13-1-3-14(4-2-13)21-15-5-7-20-8-6-15/h1-4,12,15,17H,5-11H2,(H,18,19). The van der Waals surface area contributed by atoms with E-state index in [9.17, 15) is 4.79 Å². The molecule has 21 heavy (non-hydrogen) atoms. The molecule has 0 radical (unpaired) electrons. The van der Waals surface area contributed by atoms with Crippen LogP contribution in [0.25, 0.3) is 0 Å². The van der Waals surface area contributed by atoms with Crippen molar-refractivity contribution in [1.82, 2.24) is 10.6 Å². The third-order valence-corrected chi connectivity index (χ3v) is 4.00. The summed E-state index contributed by atoms with van der Waals surface area (Å²) in [5.74, 6) is 1.38. The lowest BCUT2D eigenvalue weighted by Gasteiger charge is -2.27. The number of ether oxygens (including phenoxy) is 2. The summed E-state index contributed by atoms with van der Waals surface area (Å²) in [5.41, 5.74) is 0.682. The second-order valence-corrected chi connectivity index (χ2v) is 5.69. The summed E-state index contributed by atoms with van der Waals surface area (Å²) in [6.07, 6.45) is 2.08. The molecule has 0 aromatic heterocycles. The van der Waals surface area contributed by atoms with E-state index in [1.54, 1.807) is 0 Å². The fraction of sp³-hybridized carbons (Fsp3) is 0.562. The Bertz CT molecular complexity index is 465. The van der Waals surface area contributed by atoms with Gasteiger partial charge < -0.3 is 20.1 Å². The predicted octanol–water partition coefficient (Wildman–Crippen LogP) is 1.19. The van der Waals surface area contributed by atoms with Crippen LogP contribution in [0.2, 0.25) is 0 Å². The molecule has 1 amide bonds. The highest BCUT2D eigenvalue weighted by molar-refractivity contribution is 5.94. The smallest absolute Gasteiger partial charge is 0.251 e. The average Bonchev–Trinajstić information content (AvgIpc) is 2.47. The minimum Gasteiger partial charge on any atom is -0.490 e. The Balaban J connectivity index is 1.49. The van der Waals surface area contributed by atoms with E-state index in [0.717, 1.165) is 51.4 Å². The average molecular weight is 290 g/mol. The number of rotatable bonds is 5. The summed E-state index contributed by atoms with van der Waals surface area (Å²) in [6, 6.07) is 7.39. The zero-order chi connectivity index (χ0) is 14.5. The molecule has 0 atom stereocenters. The van der Waals surface area contributed by atoms with Gasteiger partial charge in [0.1, 0.15) is 11.9 Å². The summed E-state index contributed by atoms with van der Waals surface area (Å²) >= 11 is 0. The van der Waals surface area contributed by atoms with Crippen molar-refractivity contribution in [2.24, 2.45) is 5.92 Å². The Kier molecular flexibility index (Phi) is 4.72. The summed E-state index contributed by atoms with van der Waals surface area (Å²) in [5, 5.41) is 6.16. The minimum absolute atomic E-state index is 0.0143. The van der Waals surface area contributed by atoms with Crippen molar-refractivity contribution in [3.63, 3.8) is 0 Å². The van der Waals surface area contributed by atoms with Crippen molar-refractivity contribution in [3.05, 3.63) is 29.8 Å². The van der Waals surface area contributed by atoms with Crippen molar-refractivity contribution in [2.45, 2.75) is 18.9 Å². The van der Waals surface area contributed by atoms with Gasteiger partial charge in [0.15, 0.2) is 0 Å². The normalized spacial score (nSPS) is 19.8. The number of amides is 1. The maximum absolute atomic E-state index is 12.0. The van der Waals surface area contributed by atoms with Crippen LogP contribution >= 0.6 is 0 Å². The SMILES string of the molecule is O=C(NCC1CNC1)c1ccc(OC2CCOCC2)cc1. The summed E-state index contributed by atoms with van der Waals surface area (Å²) in [4.78, 5) is 12.0. The molecule has 3 rings (SSSR count). The van der Waals surface area contributed by atoms with Gasteiger partial charge in [0.05, 0.1) is 13.2 Å². The van der Waals surface area contributed by atoms with Crippen LogP contribution in [0.4, 0.5) is 0 Å². The molecule has 2 heterocycles. The molecule has 1 aromatic carbocycles. The van der Waals surface area contributed by atoms with Crippen molar-refractivity contribution in [3.8, 4) is 5.75 Å². The van der Waals surface area contributed by atoms with Gasteiger partial charge in [0.2, 0.25) is 0 Å². The summed E-state index contributed by atoms with van der Waals surface area (Å²) in [7, 11) is 0. The molecule has 5 nitrogen and oxygen atoms in total. The first kappa shape index (κ1) is 14.4. The van der Waals surface area contributed by atoms with E-state index in [1.807, 2.05) is 24.3 Å². The maximum Gasteiger partial charge on any atom is 0.251 e. The number of carbonyl (C=O) groups excluding carboxylic acids is 1. The Morgan fingerprint density at radius 3 is 2.57 bits per heavy atom. The second kappa shape index (κ2) is 6.91. The van der Waals surface area contributed by atoms with E-state index in [1.165, 1.54) is 0 Å². The molecule has 5 heteroatoms. The highest BCUT2D eigenvalue weighted by Gasteiger charge is 2.18. The van der Waals surface area contributed by atoms with Crippen LogP contribution < -0.4 is 15.4 Å². The summed E-state index contributed by atoms with van der Waals surface area (Å²) in [6.45, 7) is 4.27. The summed E-state index contributed by atoms with van der Waals surface area (Å²) < 4.78 is 11.2. The van der Waals surface area contributed by atoms with Gasteiger partial charge in [0, 0.05) is 44.0 Å². The van der Waals surface area contributed by atoms with E-state index in [2.05, 4.69) is 10.6 Å². The number of benzene rings is 1. The molecule has 1 aromatic rings. The highest BCUT2D eigenvalue weighted by atomic mass is 16.5. The highest BCUT2D eigenvalue weighted by Crippen LogP contribution is 2.18. The Morgan fingerprint density at radius 2 is 1.95 bits per heavy atom. The monoisotopic (exact) mass is 290 g/mol. The number of nitrogens with one attached hydrogen (secondary N) is 2. The first-order valence-electron chi connectivity index (χ1n) is 7.64. The van der Waals surface area contributed by atoms with Crippen molar-refractivity contribution < 1.29 is 14.3 Å². The third kappa shape index (κ3) is 3.95. The first-order chi connectivity index (χ1) is 10.3. The van der Waals surface area contributed by atoms with Gasteiger partial charge in [-0.2, -0.15) is 0 Å². The topological polar surface area (TPSA) is 59.6 Å². The van der Waals surface area contributed by atoms with Gasteiger partial charge in [0.25, 0.3) is 5.91 Å². The van der Waals surface area contributed by atoms with E-state index < -0.39 is 0 Å². The Morgan fingerprint density at radius 1 is 1.24 bits per heavy atom. The van der Waals surface area contributed by atoms with Gasteiger partial charge in [-0.05, 0) is 24.3 Å². The number of hydrogen-bond acceptors (Lipinski definition) is 4. The van der Waals surface area contributed by atoms with Crippen LogP contribution in [0.3, 0.4) is 0 Å². The van der Waals surface area contributed by atoms with E-state index in [0.29, 0.717) is 11.5 Å². The van der Waals surface area contributed by atoms with E-state index in [4.69, 9.17) is 9.47 Å². The first-order valence-corrected chi connectivity index (χ1v) is 7.64. The van der Waals surface area contributed by atoms with Gasteiger partial charge in [-0.15, -0.1) is 0 Å². The van der Waals surface area contributed by atoms with Crippen molar-refractivity contribution in [2.75, 3.05) is 32.8 Å². The van der Waals surface area contributed by atoms with Gasteiger partial charge in [-0.1, -0.05) is 0 Å². The molecule has 0 bridgehead atoms. The molecule has 2 aliphatic rings. The van der Waals surface area contributed by atoms with Gasteiger partial charge in [-0.3, -0.25) is 4.79 Å². The maximum atomic E-state index is 12.0. The largest absolute Gasteiger partial charge is 0.490 e. The molecule has 2 N–H and O–H groups in total. The van der Waals surface area contributed by atoms with Crippen LogP contribution in [-0.2, 0) is 4.74 Å². The minimum atomic E-state index is -0.0143. The van der Waals surface area contributed by atoms with Gasteiger partial charge >= 0.3 is 0 Å². The zero-order valence-corrected chi connectivity index (χ0v) is 12.1. The fourth-order valence-electron chi connectivity index (χ4n) is 2.50. The van der Waals surface area contributed by atoms with Crippen LogP contribution in [0.5, 0.6) is 5.75 Å². The Hall–Kier alpha value is -1.59. The molecule has 0 aliphatic carbocycles. The lowest BCUT2D eigenvalue weighted by Crippen LogP contribution is -2.48. The van der Waals surface area contributed by atoms with Crippen molar-refractivity contribution >= 4 is 5.91 Å². The molecule has 0 spiro atoms. The van der Waals surface area contributed by atoms with Gasteiger partial charge in [-0.25, -0.2) is 0 Å². The van der Waals surface area contributed by atoms with Crippen LogP contribution in [0.15, 0.2) is 24.3 Å². The molecular formula is C16H22N2O3. The lowest BCUT2D eigenvalue weighted by atomic mass is 10.0. The number of hydrogen-bond donors (Lipinski definition) is 2. The number of carbonyl (C=O) groups is 1. The molecule has 114 valence electrons. The molecular weight excluding hydrogens is 268 g/mol. The lowest BCUT2D eigenvalue weighted by molar-refractivity contribution is 0.0256. The quantitative estimate of drug-likeness (QED) is 0.855. The van der Waals surface area contributed by atoms with E-state index in [-0.39, 0.29) is 12.0 Å². The Labute approximate surface area is 125 Å². The van der Waals surface area contributed by atoms with Crippen molar-refractivity contribution in [1.29, 1.82) is 0 Å². The molecule has 2 saturated heterocycles. The van der Waals surface area contributed by atoms with Crippen LogP contribution in [0.1, 0.15) is 23.2 Å². The second-order valence-electron chi connectivity index (χ2n) is 5.69. The van der Waals surface area contributed by atoms with Crippen LogP contribution in [0, 0.1) is 5.92 Å². The molecule has 0 unspecified atom stereocenters.